The van der Waals surface area contributed by atoms with Gasteiger partial charge in [0.15, 0.2) is 0 Å². The Morgan fingerprint density at radius 2 is 2.00 bits per heavy atom. The molecule has 0 amide bonds. The van der Waals surface area contributed by atoms with Crippen LogP contribution in [0.2, 0.25) is 0 Å². The number of hydrogen-bond acceptors (Lipinski definition) is 5. The zero-order chi connectivity index (χ0) is 23.8. The van der Waals surface area contributed by atoms with E-state index in [-0.39, 0.29) is 21.3 Å². The Labute approximate surface area is 197 Å². The summed E-state index contributed by atoms with van der Waals surface area (Å²) < 4.78 is 22.3. The molecule has 2 N–H and O–H groups in total. The van der Waals surface area contributed by atoms with Crippen LogP contribution in [-0.4, -0.2) is 48.8 Å². The average molecular weight is 473 g/mol. The topological polar surface area (TPSA) is 71.7 Å². The summed E-state index contributed by atoms with van der Waals surface area (Å²) in [5.74, 6) is 0.654. The Hall–Kier alpha value is -2.45. The maximum atomic E-state index is 14.5. The Kier molecular flexibility index (Phi) is 6.77. The summed E-state index contributed by atoms with van der Waals surface area (Å²) in [7, 11) is 1.50. The van der Waals surface area contributed by atoms with Gasteiger partial charge in [-0.1, -0.05) is 39.0 Å². The monoisotopic (exact) mass is 472 g/mol. The lowest BCUT2D eigenvalue weighted by Gasteiger charge is -2.28. The van der Waals surface area contributed by atoms with E-state index in [0.29, 0.717) is 11.4 Å². The van der Waals surface area contributed by atoms with Crippen LogP contribution in [0, 0.1) is 5.95 Å². The number of nitrogens with zero attached hydrogens (tertiary/aromatic N) is 3. The van der Waals surface area contributed by atoms with Crippen LogP contribution >= 0.6 is 10.5 Å². The van der Waals surface area contributed by atoms with Crippen LogP contribution < -0.4 is 10.1 Å². The molecule has 0 saturated heterocycles. The highest BCUT2D eigenvalue weighted by Crippen LogP contribution is 2.44. The lowest BCUT2D eigenvalue weighted by atomic mass is 9.92. The van der Waals surface area contributed by atoms with Gasteiger partial charge in [-0.3, -0.25) is 4.40 Å². The second-order valence-electron chi connectivity index (χ2n) is 9.43. The molecule has 8 heteroatoms. The van der Waals surface area contributed by atoms with Gasteiger partial charge in [0.2, 0.25) is 5.95 Å². The number of methoxy groups -OCH3 is 1. The van der Waals surface area contributed by atoms with Crippen LogP contribution in [0.5, 0.6) is 5.75 Å². The van der Waals surface area contributed by atoms with Crippen molar-refractivity contribution in [3.8, 4) is 17.0 Å². The van der Waals surface area contributed by atoms with Gasteiger partial charge in [0.25, 0.3) is 0 Å². The maximum Gasteiger partial charge on any atom is 0.215 e. The van der Waals surface area contributed by atoms with Gasteiger partial charge in [-0.25, -0.2) is 9.97 Å². The summed E-state index contributed by atoms with van der Waals surface area (Å²) in [6, 6.07) is 5.06. The van der Waals surface area contributed by atoms with Gasteiger partial charge in [0.1, 0.15) is 17.2 Å². The third kappa shape index (κ3) is 4.92. The van der Waals surface area contributed by atoms with Crippen LogP contribution in [0.4, 0.5) is 10.2 Å². The van der Waals surface area contributed by atoms with Crippen LogP contribution in [-0.2, 0) is 0 Å². The zero-order valence-corrected chi connectivity index (χ0v) is 20.7. The Morgan fingerprint density at radius 1 is 1.24 bits per heavy atom. The molecule has 3 aromatic heterocycles. The third-order valence-electron chi connectivity index (χ3n) is 6.08. The van der Waals surface area contributed by atoms with E-state index in [9.17, 15) is 9.50 Å². The van der Waals surface area contributed by atoms with E-state index in [4.69, 9.17) is 4.74 Å². The van der Waals surface area contributed by atoms with E-state index < -0.39 is 12.1 Å². The summed E-state index contributed by atoms with van der Waals surface area (Å²) in [4.78, 5) is 9.66. The van der Waals surface area contributed by atoms with E-state index in [1.54, 1.807) is 13.3 Å². The van der Waals surface area contributed by atoms with Crippen molar-refractivity contribution in [1.82, 2.24) is 14.4 Å². The number of anilines is 1. The molecule has 6 nitrogen and oxygen atoms in total. The molecule has 0 radical (unpaired) electrons. The highest BCUT2D eigenvalue weighted by atomic mass is 32.2. The molecule has 0 aliphatic heterocycles. The van der Waals surface area contributed by atoms with Crippen molar-refractivity contribution in [2.24, 2.45) is 0 Å². The Morgan fingerprint density at radius 3 is 2.67 bits per heavy atom. The van der Waals surface area contributed by atoms with Crippen LogP contribution in [0.3, 0.4) is 0 Å². The van der Waals surface area contributed by atoms with Crippen molar-refractivity contribution in [3.05, 3.63) is 36.5 Å². The molecule has 1 fully saturated rings. The van der Waals surface area contributed by atoms with Gasteiger partial charge < -0.3 is 15.2 Å². The van der Waals surface area contributed by atoms with Crippen LogP contribution in [0.15, 0.2) is 35.5 Å². The summed E-state index contributed by atoms with van der Waals surface area (Å²) in [6.07, 6.45) is 7.01. The molecule has 0 aromatic carbocycles. The van der Waals surface area contributed by atoms with E-state index >= 15 is 0 Å². The lowest BCUT2D eigenvalue weighted by molar-refractivity contribution is 0.116. The number of fused-ring (bicyclic) bond motifs is 1. The number of ether oxygens (including phenoxy) is 1. The van der Waals surface area contributed by atoms with Gasteiger partial charge >= 0.3 is 0 Å². The molecule has 1 unspecified atom stereocenters. The zero-order valence-electron chi connectivity index (χ0n) is 19.9. The number of pyridine rings is 2. The second kappa shape index (κ2) is 9.43. The molecule has 4 rings (SSSR count). The lowest BCUT2D eigenvalue weighted by Crippen LogP contribution is -2.36. The minimum absolute atomic E-state index is 0.0249. The molecule has 3 aromatic rings. The standard InChI is InChI=1S/C25H33FN4O2S/c1-6-33(25(2,3)4)21-15-30-18(14-27-24(30)13-20(21)32-5)16-11-22(26)29-23(12-16)28-17-9-7-8-10-19(17)31/h6,11-15,17,19,31H,7-10H2,1-5H3,(H,28,29)/t17-,19-,33?/m1/s1. The fourth-order valence-electron chi connectivity index (χ4n) is 4.52. The van der Waals surface area contributed by atoms with E-state index in [1.807, 2.05) is 16.5 Å². The van der Waals surface area contributed by atoms with E-state index in [2.05, 4.69) is 54.5 Å². The van der Waals surface area contributed by atoms with Crippen molar-refractivity contribution in [1.29, 1.82) is 0 Å². The third-order valence-corrected chi connectivity index (χ3v) is 8.65. The smallest absolute Gasteiger partial charge is 0.215 e. The number of aliphatic hydroxyl groups excluding tert-OH is 1. The fourth-order valence-corrected chi connectivity index (χ4v) is 6.72. The molecular formula is C25H33FN4O2S. The first kappa shape index (κ1) is 23.7. The highest BCUT2D eigenvalue weighted by molar-refractivity contribution is 8.16. The summed E-state index contributed by atoms with van der Waals surface area (Å²) in [6.45, 7) is 8.71. The summed E-state index contributed by atoms with van der Waals surface area (Å²) in [5.41, 5.74) is 2.18. The maximum absolute atomic E-state index is 14.5. The summed E-state index contributed by atoms with van der Waals surface area (Å²) >= 11 is 0. The van der Waals surface area contributed by atoms with Crippen LogP contribution in [0.1, 0.15) is 53.4 Å². The molecule has 1 aliphatic carbocycles. The Bertz CT molecular complexity index is 1190. The molecule has 178 valence electrons. The Balaban J connectivity index is 1.79. The van der Waals surface area contributed by atoms with Crippen LogP contribution in [0.25, 0.3) is 16.9 Å². The van der Waals surface area contributed by atoms with Crippen molar-refractivity contribution < 1.29 is 14.2 Å². The molecule has 1 saturated carbocycles. The van der Waals surface area contributed by atoms with Crippen molar-refractivity contribution in [2.45, 2.75) is 75.2 Å². The first-order valence-electron chi connectivity index (χ1n) is 11.4. The predicted molar refractivity (Wildman–Crippen MR) is 134 cm³/mol. The highest BCUT2D eigenvalue weighted by Gasteiger charge is 2.24. The minimum Gasteiger partial charge on any atom is -0.495 e. The number of imidazole rings is 1. The van der Waals surface area contributed by atoms with Gasteiger partial charge in [0, 0.05) is 28.6 Å². The minimum atomic E-state index is -0.569. The first-order chi connectivity index (χ1) is 15.7. The molecule has 3 heterocycles. The van der Waals surface area contributed by atoms with E-state index in [1.165, 1.54) is 6.07 Å². The molecule has 33 heavy (non-hydrogen) atoms. The number of aromatic nitrogens is 3. The largest absolute Gasteiger partial charge is 0.495 e. The second-order valence-corrected chi connectivity index (χ2v) is 12.2. The average Bonchev–Trinajstić information content (AvgIpc) is 3.17. The summed E-state index contributed by atoms with van der Waals surface area (Å²) in [5, 5.41) is 15.8. The number of nitrogens with one attached hydrogen (secondary N) is 1. The normalized spacial score (nSPS) is 20.2. The van der Waals surface area contributed by atoms with E-state index in [0.717, 1.165) is 47.7 Å². The predicted octanol–water partition coefficient (Wildman–Crippen LogP) is 5.51. The van der Waals surface area contributed by atoms with Gasteiger partial charge in [-0.05, 0) is 25.8 Å². The molecule has 1 aliphatic rings. The van der Waals surface area contributed by atoms with Gasteiger partial charge in [0.05, 0.1) is 36.0 Å². The number of rotatable bonds is 5. The fraction of sp³-hybridized carbons (Fsp3) is 0.480. The number of aliphatic hydroxyl groups is 1. The molecular weight excluding hydrogens is 439 g/mol. The molecule has 3 atom stereocenters. The number of halogens is 1. The first-order valence-corrected chi connectivity index (χ1v) is 12.7. The van der Waals surface area contributed by atoms with Crippen molar-refractivity contribution in [2.75, 3.05) is 12.4 Å². The van der Waals surface area contributed by atoms with Gasteiger partial charge in [-0.15, -0.1) is 10.5 Å². The number of hydrogen-bond donors (Lipinski definition) is 2. The van der Waals surface area contributed by atoms with Crippen molar-refractivity contribution >= 4 is 27.3 Å². The molecule has 0 spiro atoms. The quantitative estimate of drug-likeness (QED) is 0.379. The molecule has 0 bridgehead atoms. The van der Waals surface area contributed by atoms with Crippen molar-refractivity contribution in [3.63, 3.8) is 0 Å². The van der Waals surface area contributed by atoms with Gasteiger partial charge in [-0.2, -0.15) is 4.39 Å². The SMILES string of the molecule is C/C=S(/c1cn2c(-c3cc(F)nc(N[C@@H]4CCCC[C@H]4O)c3)cnc2cc1OC)C(C)(C)C.